The van der Waals surface area contributed by atoms with E-state index in [9.17, 15) is 14.5 Å². The van der Waals surface area contributed by atoms with Crippen LogP contribution in [0.25, 0.3) is 0 Å². The molecule has 0 aliphatic rings. The van der Waals surface area contributed by atoms with Gasteiger partial charge in [-0.15, -0.1) is 0 Å². The van der Waals surface area contributed by atoms with Crippen LogP contribution in [0.15, 0.2) is 34.7 Å². The minimum absolute atomic E-state index is 0.256. The lowest BCUT2D eigenvalue weighted by molar-refractivity contribution is -0.422. The van der Waals surface area contributed by atoms with Crippen molar-refractivity contribution in [2.24, 2.45) is 0 Å². The molecule has 0 rings (SSSR count). The summed E-state index contributed by atoms with van der Waals surface area (Å²) >= 11 is 2.87. The van der Waals surface area contributed by atoms with Crippen molar-refractivity contribution in [3.8, 4) is 0 Å². The average Bonchev–Trinajstić information content (AvgIpc) is 1.98. The van der Waals surface area contributed by atoms with Crippen LogP contribution in [-0.4, -0.2) is 4.92 Å². The van der Waals surface area contributed by atoms with Gasteiger partial charge in [-0.05, 0) is 13.0 Å². The Morgan fingerprint density at radius 1 is 1.75 bits per heavy atom. The third kappa shape index (κ3) is 3.43. The SMILES string of the molecule is C=C(Br)/C=C(\C(F)=C/C)[N+](=O)[O-]. The van der Waals surface area contributed by atoms with E-state index in [0.29, 0.717) is 0 Å². The molecule has 0 aromatic rings. The van der Waals surface area contributed by atoms with Gasteiger partial charge in [0.2, 0.25) is 0 Å². The Kier molecular flexibility index (Phi) is 4.43. The third-order valence-corrected chi connectivity index (χ3v) is 1.22. The number of nitro groups is 1. The Hall–Kier alpha value is -0.970. The Morgan fingerprint density at radius 2 is 2.25 bits per heavy atom. The van der Waals surface area contributed by atoms with Crippen molar-refractivity contribution in [2.45, 2.75) is 6.92 Å². The summed E-state index contributed by atoms with van der Waals surface area (Å²) in [5.74, 6) is -0.874. The fourth-order valence-corrected chi connectivity index (χ4v) is 0.722. The molecule has 66 valence electrons. The Bertz CT molecular complexity index is 271. The molecule has 0 atom stereocenters. The lowest BCUT2D eigenvalue weighted by Crippen LogP contribution is -1.98. The first-order chi connectivity index (χ1) is 5.49. The Labute approximate surface area is 77.5 Å². The van der Waals surface area contributed by atoms with Crippen molar-refractivity contribution in [2.75, 3.05) is 0 Å². The maximum absolute atomic E-state index is 12.7. The standard InChI is InChI=1S/C7H7BrFNO2/c1-3-6(9)7(10(11)12)4-5(2)8/h3-4H,2H2,1H3/b6-3+,7-4+. The van der Waals surface area contributed by atoms with Crippen LogP contribution < -0.4 is 0 Å². The highest BCUT2D eigenvalue weighted by molar-refractivity contribution is 9.11. The topological polar surface area (TPSA) is 43.1 Å². The first kappa shape index (κ1) is 11.0. The zero-order valence-electron chi connectivity index (χ0n) is 6.38. The number of hydrogen-bond acceptors (Lipinski definition) is 2. The molecule has 0 radical (unpaired) electrons. The number of nitrogens with zero attached hydrogens (tertiary/aromatic N) is 1. The van der Waals surface area contributed by atoms with Crippen molar-refractivity contribution >= 4 is 15.9 Å². The van der Waals surface area contributed by atoms with Gasteiger partial charge in [-0.2, -0.15) is 4.39 Å². The summed E-state index contributed by atoms with van der Waals surface area (Å²) < 4.78 is 13.0. The van der Waals surface area contributed by atoms with Crippen molar-refractivity contribution in [3.05, 3.63) is 44.9 Å². The Balaban J connectivity index is 4.93. The second kappa shape index (κ2) is 4.82. The van der Waals surface area contributed by atoms with Gasteiger partial charge >= 0.3 is 5.70 Å². The molecule has 0 N–H and O–H groups in total. The van der Waals surface area contributed by atoms with Crippen LogP contribution in [-0.2, 0) is 0 Å². The van der Waals surface area contributed by atoms with E-state index in [1.807, 2.05) is 0 Å². The molecule has 5 heteroatoms. The molecule has 0 spiro atoms. The highest BCUT2D eigenvalue weighted by Crippen LogP contribution is 2.16. The van der Waals surface area contributed by atoms with E-state index in [1.165, 1.54) is 6.92 Å². The predicted molar refractivity (Wildman–Crippen MR) is 48.0 cm³/mol. The highest BCUT2D eigenvalue weighted by Gasteiger charge is 2.15. The molecular weight excluding hydrogens is 229 g/mol. The second-order valence-electron chi connectivity index (χ2n) is 1.87. The van der Waals surface area contributed by atoms with E-state index in [-0.39, 0.29) is 4.48 Å². The molecule has 0 aromatic heterocycles. The normalized spacial score (nSPS) is 12.9. The maximum Gasteiger partial charge on any atom is 0.305 e. The summed E-state index contributed by atoms with van der Waals surface area (Å²) in [5.41, 5.74) is -0.598. The van der Waals surface area contributed by atoms with Crippen molar-refractivity contribution in [1.29, 1.82) is 0 Å². The van der Waals surface area contributed by atoms with E-state index in [0.717, 1.165) is 12.2 Å². The van der Waals surface area contributed by atoms with E-state index in [2.05, 4.69) is 22.5 Å². The zero-order chi connectivity index (χ0) is 9.72. The molecule has 3 nitrogen and oxygen atoms in total. The van der Waals surface area contributed by atoms with Gasteiger partial charge in [-0.25, -0.2) is 0 Å². The van der Waals surface area contributed by atoms with Crippen molar-refractivity contribution < 1.29 is 9.31 Å². The largest absolute Gasteiger partial charge is 0.305 e. The summed E-state index contributed by atoms with van der Waals surface area (Å²) in [4.78, 5) is 9.43. The van der Waals surface area contributed by atoms with Crippen LogP contribution in [0.1, 0.15) is 6.92 Å². The van der Waals surface area contributed by atoms with Gasteiger partial charge in [0.15, 0.2) is 5.83 Å². The Morgan fingerprint density at radius 3 is 2.50 bits per heavy atom. The summed E-state index contributed by atoms with van der Waals surface area (Å²) in [6.45, 7) is 4.71. The molecule has 0 aliphatic carbocycles. The van der Waals surface area contributed by atoms with Crippen LogP contribution >= 0.6 is 15.9 Å². The molecule has 0 aliphatic heterocycles. The van der Waals surface area contributed by atoms with Gasteiger partial charge < -0.3 is 0 Å². The van der Waals surface area contributed by atoms with E-state index in [4.69, 9.17) is 0 Å². The zero-order valence-corrected chi connectivity index (χ0v) is 7.97. The maximum atomic E-state index is 12.7. The molecule has 0 fully saturated rings. The van der Waals surface area contributed by atoms with Gasteiger partial charge in [0.05, 0.1) is 4.92 Å². The molecule has 0 bridgehead atoms. The fourth-order valence-electron chi connectivity index (χ4n) is 0.505. The molecule has 0 saturated carbocycles. The van der Waals surface area contributed by atoms with Crippen molar-refractivity contribution in [3.63, 3.8) is 0 Å². The number of allylic oxidation sites excluding steroid dienone is 4. The van der Waals surface area contributed by atoms with Crippen LogP contribution in [0.5, 0.6) is 0 Å². The first-order valence-electron chi connectivity index (χ1n) is 3.01. The van der Waals surface area contributed by atoms with Crippen LogP contribution in [0.4, 0.5) is 4.39 Å². The van der Waals surface area contributed by atoms with E-state index in [1.54, 1.807) is 0 Å². The summed E-state index contributed by atoms with van der Waals surface area (Å²) in [7, 11) is 0. The number of halogens is 2. The summed E-state index contributed by atoms with van der Waals surface area (Å²) in [6, 6.07) is 0. The lowest BCUT2D eigenvalue weighted by Gasteiger charge is -1.92. The number of hydrogen-bond donors (Lipinski definition) is 0. The minimum Gasteiger partial charge on any atom is -0.258 e. The van der Waals surface area contributed by atoms with Gasteiger partial charge in [-0.3, -0.25) is 10.1 Å². The first-order valence-corrected chi connectivity index (χ1v) is 3.81. The predicted octanol–water partition coefficient (Wildman–Crippen LogP) is 2.93. The van der Waals surface area contributed by atoms with E-state index < -0.39 is 16.4 Å². The molecule has 12 heavy (non-hydrogen) atoms. The molecule has 0 heterocycles. The molecular formula is C7H7BrFNO2. The van der Waals surface area contributed by atoms with Crippen LogP contribution in [0, 0.1) is 10.1 Å². The smallest absolute Gasteiger partial charge is 0.258 e. The monoisotopic (exact) mass is 235 g/mol. The van der Waals surface area contributed by atoms with Crippen molar-refractivity contribution in [1.82, 2.24) is 0 Å². The molecule has 0 aromatic carbocycles. The summed E-state index contributed by atoms with van der Waals surface area (Å²) in [6.07, 6.45) is 2.03. The number of rotatable bonds is 3. The quantitative estimate of drug-likeness (QED) is 0.429. The van der Waals surface area contributed by atoms with Gasteiger partial charge in [0.25, 0.3) is 0 Å². The van der Waals surface area contributed by atoms with Gasteiger partial charge in [0, 0.05) is 10.6 Å². The highest BCUT2D eigenvalue weighted by atomic mass is 79.9. The lowest BCUT2D eigenvalue weighted by atomic mass is 10.3. The van der Waals surface area contributed by atoms with Gasteiger partial charge in [0.1, 0.15) is 0 Å². The van der Waals surface area contributed by atoms with E-state index >= 15 is 0 Å². The average molecular weight is 236 g/mol. The fraction of sp³-hybridized carbons (Fsp3) is 0.143. The van der Waals surface area contributed by atoms with Crippen LogP contribution in [0.2, 0.25) is 0 Å². The van der Waals surface area contributed by atoms with Crippen LogP contribution in [0.3, 0.4) is 0 Å². The molecule has 0 saturated heterocycles. The minimum atomic E-state index is -0.874. The molecule has 0 amide bonds. The summed E-state index contributed by atoms with van der Waals surface area (Å²) in [5, 5.41) is 10.2. The third-order valence-electron chi connectivity index (χ3n) is 0.988. The molecule has 0 unspecified atom stereocenters. The second-order valence-corrected chi connectivity index (χ2v) is 2.89. The van der Waals surface area contributed by atoms with Gasteiger partial charge in [-0.1, -0.05) is 22.5 Å².